The number of fused-ring (bicyclic) bond motifs is 8. The molecule has 0 aliphatic heterocycles. The average Bonchev–Trinajstić information content (AvgIpc) is 3.63. The van der Waals surface area contributed by atoms with Crippen molar-refractivity contribution in [3.05, 3.63) is 206 Å². The maximum atomic E-state index is 6.59. The summed E-state index contributed by atoms with van der Waals surface area (Å²) in [5.41, 5.74) is 11.9. The van der Waals surface area contributed by atoms with E-state index in [2.05, 4.69) is 211 Å². The van der Waals surface area contributed by atoms with Crippen LogP contribution in [0, 0.1) is 6.92 Å². The second-order valence-corrected chi connectivity index (χ2v) is 13.9. The highest BCUT2D eigenvalue weighted by Gasteiger charge is 2.20. The predicted molar refractivity (Wildman–Crippen MR) is 228 cm³/mol. The van der Waals surface area contributed by atoms with Gasteiger partial charge in [0.05, 0.1) is 0 Å². The topological polar surface area (TPSA) is 19.6 Å². The molecule has 0 amide bonds. The molecule has 0 aliphatic carbocycles. The molecule has 10 aromatic rings. The van der Waals surface area contributed by atoms with E-state index < -0.39 is 0 Å². The Bertz CT molecular complexity index is 2930. The summed E-state index contributed by atoms with van der Waals surface area (Å²) in [4.78, 5) is 4.70. The zero-order valence-electron chi connectivity index (χ0n) is 29.9. The average molecular weight is 693 g/mol. The summed E-state index contributed by atoms with van der Waals surface area (Å²) < 4.78 is 6.59. The first-order valence-electron chi connectivity index (χ1n) is 18.4. The molecule has 0 fully saturated rings. The number of furan rings is 1. The van der Waals surface area contributed by atoms with Gasteiger partial charge in [-0.2, -0.15) is 0 Å². The van der Waals surface area contributed by atoms with Gasteiger partial charge < -0.3 is 14.2 Å². The molecular formula is C51H36N2O. The zero-order valence-corrected chi connectivity index (χ0v) is 29.9. The van der Waals surface area contributed by atoms with Crippen LogP contribution in [0.25, 0.3) is 54.6 Å². The van der Waals surface area contributed by atoms with Crippen LogP contribution >= 0.6 is 0 Å². The largest absolute Gasteiger partial charge is 0.455 e. The van der Waals surface area contributed by atoms with E-state index in [0.29, 0.717) is 0 Å². The van der Waals surface area contributed by atoms with Gasteiger partial charge in [0, 0.05) is 50.3 Å². The predicted octanol–water partition coefficient (Wildman–Crippen LogP) is 14.8. The SMILES string of the molecule is Cc1ccc(N(c2ccc(-c3ccccc3)cc2)c2cccc(N(c3ccccc3)c3ccc4c5ccccc5c5oc6ccccc6c5c4c3)c2)cc1. The third-order valence-electron chi connectivity index (χ3n) is 10.5. The number of hydrogen-bond acceptors (Lipinski definition) is 3. The van der Waals surface area contributed by atoms with Crippen molar-refractivity contribution in [1.29, 1.82) is 0 Å². The van der Waals surface area contributed by atoms with Crippen LogP contribution in [0.15, 0.2) is 205 Å². The van der Waals surface area contributed by atoms with Gasteiger partial charge in [0.1, 0.15) is 11.2 Å². The van der Waals surface area contributed by atoms with E-state index >= 15 is 0 Å². The Hall–Kier alpha value is -7.10. The number of anilines is 6. The molecule has 0 saturated heterocycles. The summed E-state index contributed by atoms with van der Waals surface area (Å²) in [5, 5.41) is 6.96. The number of aryl methyl sites for hydroxylation is 1. The Kier molecular flexibility index (Phi) is 7.70. The number of rotatable bonds is 7. The van der Waals surface area contributed by atoms with E-state index in [4.69, 9.17) is 4.42 Å². The Morgan fingerprint density at radius 1 is 0.333 bits per heavy atom. The molecule has 3 nitrogen and oxygen atoms in total. The fraction of sp³-hybridized carbons (Fsp3) is 0.0196. The quantitative estimate of drug-likeness (QED) is 0.155. The molecule has 0 atom stereocenters. The lowest BCUT2D eigenvalue weighted by atomic mass is 9.96. The van der Waals surface area contributed by atoms with E-state index in [1.165, 1.54) is 32.8 Å². The van der Waals surface area contributed by atoms with Gasteiger partial charge in [0.25, 0.3) is 0 Å². The van der Waals surface area contributed by atoms with E-state index in [0.717, 1.165) is 61.4 Å². The second kappa shape index (κ2) is 13.1. The van der Waals surface area contributed by atoms with Gasteiger partial charge in [0.2, 0.25) is 0 Å². The monoisotopic (exact) mass is 692 g/mol. The maximum absolute atomic E-state index is 6.59. The molecule has 0 saturated carbocycles. The second-order valence-electron chi connectivity index (χ2n) is 13.9. The fourth-order valence-electron chi connectivity index (χ4n) is 7.90. The maximum Gasteiger partial charge on any atom is 0.143 e. The molecule has 10 rings (SSSR count). The first-order valence-corrected chi connectivity index (χ1v) is 18.4. The Morgan fingerprint density at radius 2 is 0.815 bits per heavy atom. The highest BCUT2D eigenvalue weighted by Crippen LogP contribution is 2.45. The Labute approximate surface area is 314 Å². The van der Waals surface area contributed by atoms with Crippen LogP contribution in [0.1, 0.15) is 5.56 Å². The van der Waals surface area contributed by atoms with Crippen molar-refractivity contribution in [3.8, 4) is 11.1 Å². The molecule has 0 radical (unpaired) electrons. The minimum absolute atomic E-state index is 0.899. The summed E-state index contributed by atoms with van der Waals surface area (Å²) in [5.74, 6) is 0. The molecule has 54 heavy (non-hydrogen) atoms. The number of nitrogens with zero attached hydrogens (tertiary/aromatic N) is 2. The number of hydrogen-bond donors (Lipinski definition) is 0. The van der Waals surface area contributed by atoms with Gasteiger partial charge in [-0.1, -0.05) is 133 Å². The van der Waals surface area contributed by atoms with Crippen molar-refractivity contribution in [2.45, 2.75) is 6.92 Å². The molecular weight excluding hydrogens is 657 g/mol. The fourth-order valence-corrected chi connectivity index (χ4v) is 7.90. The first kappa shape index (κ1) is 31.6. The Balaban J connectivity index is 1.16. The van der Waals surface area contributed by atoms with Crippen LogP contribution in [-0.4, -0.2) is 0 Å². The molecule has 9 aromatic carbocycles. The van der Waals surface area contributed by atoms with Crippen LogP contribution < -0.4 is 9.80 Å². The normalized spacial score (nSPS) is 11.4. The molecule has 0 unspecified atom stereocenters. The van der Waals surface area contributed by atoms with Gasteiger partial charge in [-0.15, -0.1) is 0 Å². The lowest BCUT2D eigenvalue weighted by Gasteiger charge is -2.29. The molecule has 256 valence electrons. The summed E-state index contributed by atoms with van der Waals surface area (Å²) in [6.07, 6.45) is 0. The molecule has 0 bridgehead atoms. The van der Waals surface area contributed by atoms with Gasteiger partial charge >= 0.3 is 0 Å². The smallest absolute Gasteiger partial charge is 0.143 e. The zero-order chi connectivity index (χ0) is 36.0. The molecule has 0 spiro atoms. The number of para-hydroxylation sites is 2. The lowest BCUT2D eigenvalue weighted by molar-refractivity contribution is 0.673. The van der Waals surface area contributed by atoms with E-state index in [-0.39, 0.29) is 0 Å². The van der Waals surface area contributed by atoms with Gasteiger partial charge in [-0.25, -0.2) is 0 Å². The summed E-state index contributed by atoms with van der Waals surface area (Å²) >= 11 is 0. The Morgan fingerprint density at radius 3 is 1.54 bits per heavy atom. The van der Waals surface area contributed by atoms with Gasteiger partial charge in [-0.3, -0.25) is 0 Å². The van der Waals surface area contributed by atoms with Crippen LogP contribution in [0.3, 0.4) is 0 Å². The molecule has 0 N–H and O–H groups in total. The third-order valence-corrected chi connectivity index (χ3v) is 10.5. The standard InChI is InChI=1S/C51H36N2O/c1-35-23-27-39(28-24-35)52(40-29-25-37(26-30-40)36-13-4-2-5-14-36)41-17-12-18-42(33-41)53(38-15-6-3-7-16-38)43-31-32-45-44-19-8-9-20-46(44)51-50(48(45)34-43)47-21-10-11-22-49(47)54-51/h2-34H,1H3. The minimum Gasteiger partial charge on any atom is -0.455 e. The van der Waals surface area contributed by atoms with E-state index in [9.17, 15) is 0 Å². The van der Waals surface area contributed by atoms with Crippen LogP contribution in [0.4, 0.5) is 34.1 Å². The van der Waals surface area contributed by atoms with Crippen LogP contribution in [0.2, 0.25) is 0 Å². The van der Waals surface area contributed by atoms with Crippen molar-refractivity contribution < 1.29 is 4.42 Å². The van der Waals surface area contributed by atoms with Crippen molar-refractivity contribution in [3.63, 3.8) is 0 Å². The molecule has 0 aliphatic rings. The van der Waals surface area contributed by atoms with E-state index in [1.807, 2.05) is 6.07 Å². The third kappa shape index (κ3) is 5.46. The summed E-state index contributed by atoms with van der Waals surface area (Å²) in [7, 11) is 0. The van der Waals surface area contributed by atoms with Crippen molar-refractivity contribution >= 4 is 77.6 Å². The highest BCUT2D eigenvalue weighted by atomic mass is 16.3. The molecule has 1 aromatic heterocycles. The van der Waals surface area contributed by atoms with Crippen molar-refractivity contribution in [2.24, 2.45) is 0 Å². The van der Waals surface area contributed by atoms with Crippen molar-refractivity contribution in [1.82, 2.24) is 0 Å². The summed E-state index contributed by atoms with van der Waals surface area (Å²) in [6, 6.07) is 71.5. The van der Waals surface area contributed by atoms with E-state index in [1.54, 1.807) is 0 Å². The van der Waals surface area contributed by atoms with Gasteiger partial charge in [0.15, 0.2) is 0 Å². The lowest BCUT2D eigenvalue weighted by Crippen LogP contribution is -2.13. The van der Waals surface area contributed by atoms with Crippen LogP contribution in [-0.2, 0) is 0 Å². The highest BCUT2D eigenvalue weighted by molar-refractivity contribution is 6.30. The van der Waals surface area contributed by atoms with Crippen LogP contribution in [0.5, 0.6) is 0 Å². The molecule has 1 heterocycles. The first-order chi connectivity index (χ1) is 26.7. The minimum atomic E-state index is 0.899. The van der Waals surface area contributed by atoms with Crippen molar-refractivity contribution in [2.75, 3.05) is 9.80 Å². The molecule has 3 heteroatoms. The number of benzene rings is 9. The summed E-state index contributed by atoms with van der Waals surface area (Å²) in [6.45, 7) is 2.13. The van der Waals surface area contributed by atoms with Gasteiger partial charge in [-0.05, 0) is 107 Å².